The topological polar surface area (TPSA) is 38.0 Å². The molecule has 1 aliphatic rings. The third kappa shape index (κ3) is 3.06. The Bertz CT molecular complexity index is 371. The molecule has 94 valence electrons. The second-order valence-electron chi connectivity index (χ2n) is 5.79. The van der Waals surface area contributed by atoms with Crippen molar-refractivity contribution in [3.8, 4) is 0 Å². The van der Waals surface area contributed by atoms with Crippen LogP contribution in [0.5, 0.6) is 0 Å². The number of nitrogens with one attached hydrogen (secondary N) is 1. The number of benzene rings is 1. The monoisotopic (exact) mass is 252 g/mol. The van der Waals surface area contributed by atoms with Gasteiger partial charge in [-0.3, -0.25) is 0 Å². The highest BCUT2D eigenvalue weighted by molar-refractivity contribution is 6.33. The standard InChI is InChI=1S/C14H21ClN2/c1-14(2)8-6-10(7-9-14)17-13-11(15)4-3-5-12(13)16/h3-5,10,17H,6-9,16H2,1-2H3. The van der Waals surface area contributed by atoms with Crippen molar-refractivity contribution in [2.75, 3.05) is 11.1 Å². The minimum Gasteiger partial charge on any atom is -0.397 e. The molecule has 0 unspecified atom stereocenters. The summed E-state index contributed by atoms with van der Waals surface area (Å²) in [5, 5.41) is 4.22. The van der Waals surface area contributed by atoms with E-state index >= 15 is 0 Å². The summed E-state index contributed by atoms with van der Waals surface area (Å²) in [6.45, 7) is 4.68. The van der Waals surface area contributed by atoms with Gasteiger partial charge in [-0.2, -0.15) is 0 Å². The number of halogens is 1. The quantitative estimate of drug-likeness (QED) is 0.770. The average molecular weight is 253 g/mol. The third-order valence-corrected chi connectivity index (χ3v) is 4.05. The summed E-state index contributed by atoms with van der Waals surface area (Å²) in [5.41, 5.74) is 8.08. The van der Waals surface area contributed by atoms with Crippen LogP contribution in [0, 0.1) is 5.41 Å². The summed E-state index contributed by atoms with van der Waals surface area (Å²) < 4.78 is 0. The van der Waals surface area contributed by atoms with Crippen LogP contribution in [-0.4, -0.2) is 6.04 Å². The fourth-order valence-electron chi connectivity index (χ4n) is 2.44. The van der Waals surface area contributed by atoms with E-state index in [1.54, 1.807) is 0 Å². The van der Waals surface area contributed by atoms with E-state index in [0.29, 0.717) is 11.5 Å². The van der Waals surface area contributed by atoms with Gasteiger partial charge in [0.2, 0.25) is 0 Å². The molecule has 2 rings (SSSR count). The first kappa shape index (κ1) is 12.6. The lowest BCUT2D eigenvalue weighted by Crippen LogP contribution is -2.30. The molecule has 0 radical (unpaired) electrons. The second-order valence-corrected chi connectivity index (χ2v) is 6.19. The van der Waals surface area contributed by atoms with Gasteiger partial charge in [-0.25, -0.2) is 0 Å². The van der Waals surface area contributed by atoms with Crippen molar-refractivity contribution < 1.29 is 0 Å². The SMILES string of the molecule is CC1(C)CCC(Nc2c(N)cccc2Cl)CC1. The van der Waals surface area contributed by atoms with Crippen LogP contribution >= 0.6 is 11.6 Å². The second kappa shape index (κ2) is 4.77. The van der Waals surface area contributed by atoms with E-state index in [1.165, 1.54) is 25.7 Å². The van der Waals surface area contributed by atoms with Crippen molar-refractivity contribution in [2.24, 2.45) is 5.41 Å². The molecule has 0 aliphatic heterocycles. The number of nitrogens with two attached hydrogens (primary N) is 1. The molecule has 1 aliphatic carbocycles. The van der Waals surface area contributed by atoms with Crippen LogP contribution in [0.2, 0.25) is 5.02 Å². The van der Waals surface area contributed by atoms with E-state index in [2.05, 4.69) is 19.2 Å². The Labute approximate surface area is 109 Å². The highest BCUT2D eigenvalue weighted by atomic mass is 35.5. The maximum atomic E-state index is 6.16. The average Bonchev–Trinajstić information content (AvgIpc) is 2.26. The predicted octanol–water partition coefficient (Wildman–Crippen LogP) is 4.30. The molecule has 17 heavy (non-hydrogen) atoms. The Morgan fingerprint density at radius 2 is 1.94 bits per heavy atom. The Hall–Kier alpha value is -0.890. The van der Waals surface area contributed by atoms with Crippen LogP contribution in [0.25, 0.3) is 0 Å². The zero-order chi connectivity index (χ0) is 12.5. The van der Waals surface area contributed by atoms with E-state index in [4.69, 9.17) is 17.3 Å². The molecule has 1 aromatic carbocycles. The summed E-state index contributed by atoms with van der Waals surface area (Å²) in [6, 6.07) is 6.16. The van der Waals surface area contributed by atoms with Crippen molar-refractivity contribution in [3.63, 3.8) is 0 Å². The number of nitrogen functional groups attached to an aromatic ring is 1. The molecular weight excluding hydrogens is 232 g/mol. The highest BCUT2D eigenvalue weighted by Crippen LogP contribution is 2.37. The minimum atomic E-state index is 0.490. The van der Waals surface area contributed by atoms with Crippen molar-refractivity contribution >= 4 is 23.0 Å². The molecule has 0 atom stereocenters. The fraction of sp³-hybridized carbons (Fsp3) is 0.571. The number of hydrogen-bond acceptors (Lipinski definition) is 2. The first-order valence-electron chi connectivity index (χ1n) is 6.28. The molecule has 3 N–H and O–H groups in total. The first-order valence-corrected chi connectivity index (χ1v) is 6.66. The molecule has 0 heterocycles. The lowest BCUT2D eigenvalue weighted by atomic mass is 9.75. The molecule has 0 bridgehead atoms. The van der Waals surface area contributed by atoms with Gasteiger partial charge in [0.05, 0.1) is 16.4 Å². The van der Waals surface area contributed by atoms with Gasteiger partial charge in [0, 0.05) is 6.04 Å². The Morgan fingerprint density at radius 3 is 2.53 bits per heavy atom. The zero-order valence-corrected chi connectivity index (χ0v) is 11.3. The van der Waals surface area contributed by atoms with Crippen molar-refractivity contribution in [1.29, 1.82) is 0 Å². The molecule has 1 saturated carbocycles. The molecule has 1 fully saturated rings. The van der Waals surface area contributed by atoms with E-state index in [1.807, 2.05) is 18.2 Å². The molecule has 0 aromatic heterocycles. The highest BCUT2D eigenvalue weighted by Gasteiger charge is 2.27. The number of hydrogen-bond donors (Lipinski definition) is 2. The molecule has 3 heteroatoms. The molecular formula is C14H21ClN2. The molecule has 0 saturated heterocycles. The summed E-state index contributed by atoms with van der Waals surface area (Å²) in [6.07, 6.45) is 4.90. The molecule has 1 aromatic rings. The van der Waals surface area contributed by atoms with Crippen LogP contribution in [0.15, 0.2) is 18.2 Å². The van der Waals surface area contributed by atoms with Crippen LogP contribution < -0.4 is 11.1 Å². The summed E-state index contributed by atoms with van der Waals surface area (Å²) in [7, 11) is 0. The third-order valence-electron chi connectivity index (χ3n) is 3.73. The minimum absolute atomic E-state index is 0.490. The number of anilines is 2. The smallest absolute Gasteiger partial charge is 0.0765 e. The van der Waals surface area contributed by atoms with Crippen LogP contribution in [0.4, 0.5) is 11.4 Å². The lowest BCUT2D eigenvalue weighted by molar-refractivity contribution is 0.232. The molecule has 0 amide bonds. The van der Waals surface area contributed by atoms with Gasteiger partial charge < -0.3 is 11.1 Å². The van der Waals surface area contributed by atoms with Gasteiger partial charge >= 0.3 is 0 Å². The first-order chi connectivity index (χ1) is 7.98. The fourth-order valence-corrected chi connectivity index (χ4v) is 2.68. The molecule has 0 spiro atoms. The lowest BCUT2D eigenvalue weighted by Gasteiger charge is -2.35. The molecule has 2 nitrogen and oxygen atoms in total. The van der Waals surface area contributed by atoms with Gasteiger partial charge in [0.1, 0.15) is 0 Å². The maximum absolute atomic E-state index is 6.16. The van der Waals surface area contributed by atoms with E-state index in [0.717, 1.165) is 16.4 Å². The summed E-state index contributed by atoms with van der Waals surface area (Å²) in [5.74, 6) is 0. The van der Waals surface area contributed by atoms with Crippen LogP contribution in [0.3, 0.4) is 0 Å². The van der Waals surface area contributed by atoms with E-state index < -0.39 is 0 Å². The maximum Gasteiger partial charge on any atom is 0.0765 e. The van der Waals surface area contributed by atoms with Crippen molar-refractivity contribution in [2.45, 2.75) is 45.6 Å². The van der Waals surface area contributed by atoms with Crippen LogP contribution in [-0.2, 0) is 0 Å². The van der Waals surface area contributed by atoms with Gasteiger partial charge in [-0.05, 0) is 43.2 Å². The van der Waals surface area contributed by atoms with Crippen molar-refractivity contribution in [3.05, 3.63) is 23.2 Å². The van der Waals surface area contributed by atoms with E-state index in [9.17, 15) is 0 Å². The Kier molecular flexibility index (Phi) is 3.53. The predicted molar refractivity (Wildman–Crippen MR) is 75.5 cm³/mol. The summed E-state index contributed by atoms with van der Waals surface area (Å²) >= 11 is 6.16. The van der Waals surface area contributed by atoms with Gasteiger partial charge in [-0.15, -0.1) is 0 Å². The van der Waals surface area contributed by atoms with Gasteiger partial charge in [0.25, 0.3) is 0 Å². The Balaban J connectivity index is 2.03. The van der Waals surface area contributed by atoms with Gasteiger partial charge in [0.15, 0.2) is 0 Å². The largest absolute Gasteiger partial charge is 0.397 e. The zero-order valence-electron chi connectivity index (χ0n) is 10.6. The van der Waals surface area contributed by atoms with Gasteiger partial charge in [-0.1, -0.05) is 31.5 Å². The number of para-hydroxylation sites is 1. The number of rotatable bonds is 2. The normalized spacial score (nSPS) is 20.2. The summed E-state index contributed by atoms with van der Waals surface area (Å²) in [4.78, 5) is 0. The Morgan fingerprint density at radius 1 is 1.29 bits per heavy atom. The van der Waals surface area contributed by atoms with Crippen molar-refractivity contribution in [1.82, 2.24) is 0 Å². The van der Waals surface area contributed by atoms with Crippen LogP contribution in [0.1, 0.15) is 39.5 Å². The van der Waals surface area contributed by atoms with E-state index in [-0.39, 0.29) is 0 Å².